The Morgan fingerprint density at radius 1 is 1.04 bits per heavy atom. The summed E-state index contributed by atoms with van der Waals surface area (Å²) in [5, 5.41) is 8.07. The number of halogens is 3. The monoisotopic (exact) mass is 394 g/mol. The summed E-state index contributed by atoms with van der Waals surface area (Å²) in [4.78, 5) is 3.88. The third-order valence-electron chi connectivity index (χ3n) is 3.60. The van der Waals surface area contributed by atoms with Gasteiger partial charge in [-0.25, -0.2) is 0 Å². The van der Waals surface area contributed by atoms with Gasteiger partial charge in [-0.3, -0.25) is 9.55 Å². The highest BCUT2D eigenvalue weighted by Crippen LogP contribution is 2.28. The lowest BCUT2D eigenvalue weighted by Gasteiger charge is -2.12. The zero-order chi connectivity index (χ0) is 19.3. The van der Waals surface area contributed by atoms with Crippen LogP contribution in [0.5, 0.6) is 5.75 Å². The molecule has 0 atom stereocenters. The van der Waals surface area contributed by atoms with Gasteiger partial charge in [0, 0.05) is 23.7 Å². The van der Waals surface area contributed by atoms with Crippen molar-refractivity contribution in [1.82, 2.24) is 19.7 Å². The molecule has 0 aliphatic rings. The molecular formula is C18H17F3N4OS. The van der Waals surface area contributed by atoms with E-state index in [0.29, 0.717) is 17.9 Å². The number of alkyl halides is 3. The van der Waals surface area contributed by atoms with Crippen LogP contribution in [0.15, 0.2) is 53.9 Å². The SMILES string of the molecule is Cc1ccc(OCCSc2nnc(-c3ccncc3)n2CC(F)(F)F)cc1. The molecule has 0 unspecified atom stereocenters. The third kappa shape index (κ3) is 5.46. The van der Waals surface area contributed by atoms with Gasteiger partial charge in [0.15, 0.2) is 11.0 Å². The molecule has 0 N–H and O–H groups in total. The lowest BCUT2D eigenvalue weighted by molar-refractivity contribution is -0.141. The summed E-state index contributed by atoms with van der Waals surface area (Å²) in [6.07, 6.45) is -1.37. The van der Waals surface area contributed by atoms with Gasteiger partial charge < -0.3 is 4.74 Å². The van der Waals surface area contributed by atoms with Crippen molar-refractivity contribution < 1.29 is 17.9 Å². The first-order valence-electron chi connectivity index (χ1n) is 8.15. The zero-order valence-corrected chi connectivity index (χ0v) is 15.3. The number of hydrogen-bond donors (Lipinski definition) is 0. The smallest absolute Gasteiger partial charge is 0.406 e. The Morgan fingerprint density at radius 2 is 1.74 bits per heavy atom. The molecule has 0 saturated carbocycles. The van der Waals surface area contributed by atoms with Gasteiger partial charge in [0.2, 0.25) is 0 Å². The fourth-order valence-corrected chi connectivity index (χ4v) is 3.11. The lowest BCUT2D eigenvalue weighted by atomic mass is 10.2. The molecule has 0 aliphatic carbocycles. The molecule has 0 amide bonds. The first-order chi connectivity index (χ1) is 12.9. The van der Waals surface area contributed by atoms with Crippen LogP contribution in [0.3, 0.4) is 0 Å². The maximum atomic E-state index is 13.0. The quantitative estimate of drug-likeness (QED) is 0.440. The molecule has 0 saturated heterocycles. The molecule has 2 aromatic heterocycles. The van der Waals surface area contributed by atoms with Gasteiger partial charge in [-0.05, 0) is 31.2 Å². The van der Waals surface area contributed by atoms with Crippen LogP contribution in [0.2, 0.25) is 0 Å². The van der Waals surface area contributed by atoms with E-state index in [0.717, 1.165) is 15.9 Å². The van der Waals surface area contributed by atoms with Gasteiger partial charge in [0.05, 0.1) is 6.61 Å². The Hall–Kier alpha value is -2.55. The number of nitrogens with zero attached hydrogens (tertiary/aromatic N) is 4. The van der Waals surface area contributed by atoms with Gasteiger partial charge in [-0.2, -0.15) is 13.2 Å². The van der Waals surface area contributed by atoms with Crippen molar-refractivity contribution in [1.29, 1.82) is 0 Å². The third-order valence-corrected chi connectivity index (χ3v) is 4.53. The number of hydrogen-bond acceptors (Lipinski definition) is 5. The van der Waals surface area contributed by atoms with Crippen LogP contribution in [0.1, 0.15) is 5.56 Å². The van der Waals surface area contributed by atoms with Crippen LogP contribution in [-0.4, -0.2) is 38.3 Å². The molecule has 5 nitrogen and oxygen atoms in total. The molecule has 0 spiro atoms. The normalized spacial score (nSPS) is 11.6. The summed E-state index contributed by atoms with van der Waals surface area (Å²) in [6, 6.07) is 10.8. The van der Waals surface area contributed by atoms with Crippen molar-refractivity contribution in [2.45, 2.75) is 24.8 Å². The molecule has 2 heterocycles. The van der Waals surface area contributed by atoms with Gasteiger partial charge >= 0.3 is 6.18 Å². The Balaban J connectivity index is 1.69. The standard InChI is InChI=1S/C18H17F3N4OS/c1-13-2-4-15(5-3-13)26-10-11-27-17-24-23-16(14-6-8-22-9-7-14)25(17)12-18(19,20)21/h2-9H,10-12H2,1H3. The second-order valence-electron chi connectivity index (χ2n) is 5.75. The zero-order valence-electron chi connectivity index (χ0n) is 14.5. The van der Waals surface area contributed by atoms with E-state index in [-0.39, 0.29) is 11.0 Å². The van der Waals surface area contributed by atoms with Crippen molar-refractivity contribution >= 4 is 11.8 Å². The maximum Gasteiger partial charge on any atom is 0.406 e. The average molecular weight is 394 g/mol. The molecule has 142 valence electrons. The van der Waals surface area contributed by atoms with E-state index in [9.17, 15) is 13.2 Å². The molecule has 0 radical (unpaired) electrons. The molecule has 0 fully saturated rings. The minimum Gasteiger partial charge on any atom is -0.493 e. The summed E-state index contributed by atoms with van der Waals surface area (Å²) >= 11 is 1.17. The van der Waals surface area contributed by atoms with Crippen molar-refractivity contribution in [3.05, 3.63) is 54.4 Å². The largest absolute Gasteiger partial charge is 0.493 e. The first kappa shape index (κ1) is 19.2. The van der Waals surface area contributed by atoms with Crippen LogP contribution >= 0.6 is 11.8 Å². The fourth-order valence-electron chi connectivity index (χ4n) is 2.36. The highest BCUT2D eigenvalue weighted by atomic mass is 32.2. The van der Waals surface area contributed by atoms with Crippen LogP contribution in [0.4, 0.5) is 13.2 Å². The number of rotatable bonds is 7. The number of thioether (sulfide) groups is 1. The summed E-state index contributed by atoms with van der Waals surface area (Å²) in [6.45, 7) is 1.17. The Bertz CT molecular complexity index is 867. The molecule has 3 rings (SSSR count). The second kappa shape index (κ2) is 8.43. The Labute approximate surface area is 158 Å². The predicted molar refractivity (Wildman–Crippen MR) is 96.7 cm³/mol. The van der Waals surface area contributed by atoms with Gasteiger partial charge in [0.1, 0.15) is 12.3 Å². The average Bonchev–Trinajstić information content (AvgIpc) is 3.02. The molecule has 27 heavy (non-hydrogen) atoms. The molecule has 9 heteroatoms. The predicted octanol–water partition coefficient (Wildman–Crippen LogP) is 4.38. The van der Waals surface area contributed by atoms with Gasteiger partial charge in [0.25, 0.3) is 0 Å². The van der Waals surface area contributed by atoms with Crippen LogP contribution in [0, 0.1) is 6.92 Å². The number of aromatic nitrogens is 4. The van der Waals surface area contributed by atoms with E-state index in [1.807, 2.05) is 31.2 Å². The Morgan fingerprint density at radius 3 is 2.41 bits per heavy atom. The first-order valence-corrected chi connectivity index (χ1v) is 9.13. The second-order valence-corrected chi connectivity index (χ2v) is 6.82. The van der Waals surface area contributed by atoms with Gasteiger partial charge in [-0.15, -0.1) is 10.2 Å². The summed E-state index contributed by atoms with van der Waals surface area (Å²) in [5.74, 6) is 1.33. The van der Waals surface area contributed by atoms with E-state index in [1.165, 1.54) is 24.2 Å². The van der Waals surface area contributed by atoms with E-state index >= 15 is 0 Å². The van der Waals surface area contributed by atoms with E-state index in [1.54, 1.807) is 12.1 Å². The number of aryl methyl sites for hydroxylation is 1. The number of benzene rings is 1. The molecular weight excluding hydrogens is 377 g/mol. The fraction of sp³-hybridized carbons (Fsp3) is 0.278. The molecule has 0 aliphatic heterocycles. The van der Waals surface area contributed by atoms with Crippen LogP contribution in [0.25, 0.3) is 11.4 Å². The summed E-state index contributed by atoms with van der Waals surface area (Å²) < 4.78 is 45.7. The Kier molecular flexibility index (Phi) is 6.00. The van der Waals surface area contributed by atoms with E-state index in [4.69, 9.17) is 4.74 Å². The van der Waals surface area contributed by atoms with Crippen LogP contribution in [-0.2, 0) is 6.54 Å². The summed E-state index contributed by atoms with van der Waals surface area (Å²) in [5.41, 5.74) is 1.66. The highest BCUT2D eigenvalue weighted by molar-refractivity contribution is 7.99. The van der Waals surface area contributed by atoms with Gasteiger partial charge in [-0.1, -0.05) is 29.5 Å². The van der Waals surface area contributed by atoms with Crippen molar-refractivity contribution in [2.75, 3.05) is 12.4 Å². The molecule has 1 aromatic carbocycles. The van der Waals surface area contributed by atoms with Crippen molar-refractivity contribution in [3.63, 3.8) is 0 Å². The van der Waals surface area contributed by atoms with Crippen molar-refractivity contribution in [2.24, 2.45) is 0 Å². The minimum absolute atomic E-state index is 0.164. The lowest BCUT2D eigenvalue weighted by Crippen LogP contribution is -2.19. The number of pyridine rings is 1. The van der Waals surface area contributed by atoms with Crippen LogP contribution < -0.4 is 4.74 Å². The van der Waals surface area contributed by atoms with Crippen molar-refractivity contribution in [3.8, 4) is 17.1 Å². The highest BCUT2D eigenvalue weighted by Gasteiger charge is 2.31. The summed E-state index contributed by atoms with van der Waals surface area (Å²) in [7, 11) is 0. The minimum atomic E-state index is -4.38. The van der Waals surface area contributed by atoms with E-state index < -0.39 is 12.7 Å². The topological polar surface area (TPSA) is 52.8 Å². The van der Waals surface area contributed by atoms with E-state index in [2.05, 4.69) is 15.2 Å². The molecule has 3 aromatic rings. The molecule has 0 bridgehead atoms. The maximum absolute atomic E-state index is 13.0. The number of ether oxygens (including phenoxy) is 1.